The Hall–Kier alpha value is -7.08. The van der Waals surface area contributed by atoms with E-state index >= 15 is 0 Å². The molecule has 0 N–H and O–H groups in total. The molecule has 5 nitrogen and oxygen atoms in total. The van der Waals surface area contributed by atoms with Crippen LogP contribution in [0.1, 0.15) is 52.8 Å². The van der Waals surface area contributed by atoms with Crippen molar-refractivity contribution in [3.8, 4) is 23.5 Å². The Balaban J connectivity index is 1.50. The second kappa shape index (κ2) is 12.0. The zero-order valence-electron chi connectivity index (χ0n) is 32.4. The van der Waals surface area contributed by atoms with Gasteiger partial charge in [0.05, 0.1) is 50.1 Å². The summed E-state index contributed by atoms with van der Waals surface area (Å²) in [6, 6.07) is 50.5. The van der Waals surface area contributed by atoms with Crippen molar-refractivity contribution in [3.63, 3.8) is 0 Å². The predicted octanol–water partition coefficient (Wildman–Crippen LogP) is 12.7. The van der Waals surface area contributed by atoms with E-state index in [4.69, 9.17) is 0 Å². The van der Waals surface area contributed by atoms with Crippen molar-refractivity contribution in [2.24, 2.45) is 0 Å². The molecule has 268 valence electrons. The molecular formula is C51H39N5. The van der Waals surface area contributed by atoms with Gasteiger partial charge in [0.2, 0.25) is 0 Å². The van der Waals surface area contributed by atoms with Gasteiger partial charge in [0, 0.05) is 48.9 Å². The summed E-state index contributed by atoms with van der Waals surface area (Å²) in [4.78, 5) is 0. The van der Waals surface area contributed by atoms with E-state index in [1.54, 1.807) is 0 Å². The van der Waals surface area contributed by atoms with Crippen molar-refractivity contribution in [1.29, 1.82) is 10.5 Å². The molecule has 0 fully saturated rings. The minimum Gasteiger partial charge on any atom is -0.330 e. The molecule has 0 saturated heterocycles. The second-order valence-electron chi connectivity index (χ2n) is 15.9. The summed E-state index contributed by atoms with van der Waals surface area (Å²) in [7, 11) is 0. The zero-order chi connectivity index (χ0) is 38.6. The number of hydrogen-bond acceptors (Lipinski definition) is 2. The van der Waals surface area contributed by atoms with Crippen LogP contribution in [-0.4, -0.2) is 13.7 Å². The van der Waals surface area contributed by atoms with Crippen LogP contribution in [0.15, 0.2) is 127 Å². The Morgan fingerprint density at radius 2 is 0.750 bits per heavy atom. The average molecular weight is 722 g/mol. The van der Waals surface area contributed by atoms with E-state index < -0.39 is 5.54 Å². The summed E-state index contributed by atoms with van der Waals surface area (Å²) in [6.07, 6.45) is 0. The number of benzene rings is 7. The lowest BCUT2D eigenvalue weighted by molar-refractivity contribution is 0.462. The van der Waals surface area contributed by atoms with Crippen molar-refractivity contribution < 1.29 is 0 Å². The summed E-state index contributed by atoms with van der Waals surface area (Å²) in [6.45, 7) is 13.0. The van der Waals surface area contributed by atoms with Gasteiger partial charge < -0.3 is 13.7 Å². The van der Waals surface area contributed by atoms with Gasteiger partial charge in [-0.1, -0.05) is 82.9 Å². The molecule has 0 amide bonds. The molecule has 3 heterocycles. The van der Waals surface area contributed by atoms with Gasteiger partial charge in [0.15, 0.2) is 0 Å². The van der Waals surface area contributed by atoms with Crippen LogP contribution >= 0.6 is 0 Å². The highest BCUT2D eigenvalue weighted by molar-refractivity contribution is 6.12. The van der Waals surface area contributed by atoms with E-state index in [1.807, 2.05) is 6.07 Å². The van der Waals surface area contributed by atoms with Crippen molar-refractivity contribution >= 4 is 65.4 Å². The molecule has 0 saturated carbocycles. The zero-order valence-corrected chi connectivity index (χ0v) is 32.4. The largest absolute Gasteiger partial charge is 0.330 e. The first kappa shape index (κ1) is 33.5. The Bertz CT molecular complexity index is 3070. The quantitative estimate of drug-likeness (QED) is 0.182. The van der Waals surface area contributed by atoms with Crippen LogP contribution in [0.2, 0.25) is 0 Å². The van der Waals surface area contributed by atoms with Gasteiger partial charge in [-0.3, -0.25) is 0 Å². The maximum Gasteiger partial charge on any atom is 0.101 e. The molecule has 10 rings (SSSR count). The van der Waals surface area contributed by atoms with Gasteiger partial charge in [-0.2, -0.15) is 10.5 Å². The van der Waals surface area contributed by atoms with Gasteiger partial charge in [-0.25, -0.2) is 0 Å². The topological polar surface area (TPSA) is 62.4 Å². The molecule has 5 heteroatoms. The first-order valence-electron chi connectivity index (χ1n) is 19.1. The van der Waals surface area contributed by atoms with Crippen molar-refractivity contribution in [2.45, 2.75) is 47.1 Å². The number of aromatic nitrogens is 3. The SMILES string of the molecule is Cc1ccc2c(c1)c1cc(C)ccc1n2-c1c(C#N)cc(C#N)c(-n2c3ccc(C)cc3c3cc(C)ccc32)c1C(C)(C)n1c2ccccc2c2ccccc21. The molecule has 0 aliphatic heterocycles. The molecule has 3 aromatic heterocycles. The van der Waals surface area contributed by atoms with Crippen molar-refractivity contribution in [3.05, 3.63) is 166 Å². The summed E-state index contributed by atoms with van der Waals surface area (Å²) in [5.41, 5.74) is 13.4. The lowest BCUT2D eigenvalue weighted by atomic mass is 9.85. The van der Waals surface area contributed by atoms with E-state index in [0.717, 1.165) is 82.4 Å². The van der Waals surface area contributed by atoms with E-state index in [-0.39, 0.29) is 0 Å². The Morgan fingerprint density at radius 3 is 1.09 bits per heavy atom. The molecule has 0 bridgehead atoms. The van der Waals surface area contributed by atoms with Gasteiger partial charge >= 0.3 is 0 Å². The Kier molecular flexibility index (Phi) is 7.15. The van der Waals surface area contributed by atoms with Crippen molar-refractivity contribution in [2.75, 3.05) is 0 Å². The minimum atomic E-state index is -0.831. The first-order valence-corrected chi connectivity index (χ1v) is 19.1. The van der Waals surface area contributed by atoms with E-state index in [0.29, 0.717) is 11.1 Å². The van der Waals surface area contributed by atoms with E-state index in [2.05, 4.69) is 189 Å². The standard InChI is InChI=1S/C51H39N5/c1-30-15-19-42-38(23-30)39-24-31(2)16-20-43(39)54(42)49-34(28-52)27-35(29-53)50(55-44-21-17-32(3)25-40(44)41-26-33(4)18-22-45(41)55)48(49)51(5,6)56-46-13-9-7-11-36(46)37-12-8-10-14-47(37)56/h7-27H,1-6H3. The summed E-state index contributed by atoms with van der Waals surface area (Å²) in [5.74, 6) is 0. The third kappa shape index (κ3) is 4.58. The summed E-state index contributed by atoms with van der Waals surface area (Å²) in [5, 5.41) is 29.4. The van der Waals surface area contributed by atoms with Crippen LogP contribution in [0.3, 0.4) is 0 Å². The molecule has 0 aliphatic rings. The highest BCUT2D eigenvalue weighted by Gasteiger charge is 2.37. The highest BCUT2D eigenvalue weighted by Crippen LogP contribution is 2.48. The van der Waals surface area contributed by atoms with Crippen LogP contribution in [-0.2, 0) is 5.54 Å². The van der Waals surface area contributed by atoms with Crippen LogP contribution in [0, 0.1) is 50.4 Å². The highest BCUT2D eigenvalue weighted by atomic mass is 15.1. The van der Waals surface area contributed by atoms with Gasteiger partial charge in [0.25, 0.3) is 0 Å². The normalized spacial score (nSPS) is 12.1. The van der Waals surface area contributed by atoms with Gasteiger partial charge in [-0.15, -0.1) is 0 Å². The minimum absolute atomic E-state index is 0.446. The second-order valence-corrected chi connectivity index (χ2v) is 15.9. The Labute approximate surface area is 325 Å². The number of rotatable bonds is 4. The smallest absolute Gasteiger partial charge is 0.101 e. The van der Waals surface area contributed by atoms with E-state index in [9.17, 15) is 10.5 Å². The van der Waals surface area contributed by atoms with Crippen LogP contribution in [0.5, 0.6) is 0 Å². The molecule has 7 aromatic carbocycles. The Morgan fingerprint density at radius 1 is 0.411 bits per heavy atom. The van der Waals surface area contributed by atoms with E-state index in [1.165, 1.54) is 22.3 Å². The number of fused-ring (bicyclic) bond motifs is 9. The molecule has 0 spiro atoms. The third-order valence-corrected chi connectivity index (χ3v) is 11.9. The fraction of sp³-hybridized carbons (Fsp3) is 0.137. The number of hydrogen-bond donors (Lipinski definition) is 0. The lowest BCUT2D eigenvalue weighted by Gasteiger charge is -2.35. The van der Waals surface area contributed by atoms with Crippen LogP contribution in [0.25, 0.3) is 76.8 Å². The number of para-hydroxylation sites is 2. The summed E-state index contributed by atoms with van der Waals surface area (Å²) >= 11 is 0. The fourth-order valence-corrected chi connectivity index (χ4v) is 9.50. The molecule has 0 aliphatic carbocycles. The predicted molar refractivity (Wildman–Crippen MR) is 231 cm³/mol. The molecule has 56 heavy (non-hydrogen) atoms. The lowest BCUT2D eigenvalue weighted by Crippen LogP contribution is -2.32. The molecular weight excluding hydrogens is 683 g/mol. The van der Waals surface area contributed by atoms with Crippen molar-refractivity contribution in [1.82, 2.24) is 13.7 Å². The number of aryl methyl sites for hydroxylation is 4. The van der Waals surface area contributed by atoms with Crippen LogP contribution in [0.4, 0.5) is 0 Å². The van der Waals surface area contributed by atoms with Gasteiger partial charge in [0.1, 0.15) is 12.1 Å². The maximum atomic E-state index is 11.3. The van der Waals surface area contributed by atoms with Gasteiger partial charge in [-0.05, 0) is 108 Å². The fourth-order valence-electron chi connectivity index (χ4n) is 9.50. The average Bonchev–Trinajstić information content (AvgIpc) is 3.82. The number of nitriles is 2. The number of nitrogens with zero attached hydrogens (tertiary/aromatic N) is 5. The molecule has 0 unspecified atom stereocenters. The summed E-state index contributed by atoms with van der Waals surface area (Å²) < 4.78 is 7.01. The monoisotopic (exact) mass is 721 g/mol. The van der Waals surface area contributed by atoms with Crippen LogP contribution < -0.4 is 0 Å². The molecule has 0 atom stereocenters. The first-order chi connectivity index (χ1) is 27.1. The third-order valence-electron chi connectivity index (χ3n) is 11.9. The molecule has 10 aromatic rings. The maximum absolute atomic E-state index is 11.3. The molecule has 0 radical (unpaired) electrons.